The lowest BCUT2D eigenvalue weighted by Crippen LogP contribution is -2.56. The number of hydrazine groups is 1. The number of benzene rings is 1. The Hall–Kier alpha value is -6.02. The summed E-state index contributed by atoms with van der Waals surface area (Å²) in [4.78, 5) is 103. The number of aliphatic imine (C=N–C) groups is 1. The second-order valence-corrected chi connectivity index (χ2v) is 12.6. The van der Waals surface area contributed by atoms with Crippen molar-refractivity contribution in [3.8, 4) is 0 Å². The van der Waals surface area contributed by atoms with Gasteiger partial charge in [-0.25, -0.2) is 19.7 Å². The molecule has 6 amide bonds. The highest BCUT2D eigenvalue weighted by Gasteiger charge is 2.41. The molecule has 0 heterocycles. The smallest absolute Gasteiger partial charge is 0.408 e. The van der Waals surface area contributed by atoms with E-state index >= 15 is 0 Å². The maximum absolute atomic E-state index is 13.0. The zero-order valence-corrected chi connectivity index (χ0v) is 30.3. The molecule has 0 radical (unpaired) electrons. The van der Waals surface area contributed by atoms with E-state index in [1.165, 1.54) is 0 Å². The number of hydrogen-bond donors (Lipinski definition) is 8. The SMILES string of the molecule is CC(C)C[C@H](NC(=O)CNC(=O)[C@@H](NC(=O)OCc1ccccc1)C(C)C)C(=O)NCC(=O)N[C@@H](C)C(=O)N([C@@H](CCCN=C(N)N)C(=O)O)[N+](=O)[O-]. The number of nitrogens with zero attached hydrogens (tertiary/aromatic N) is 3. The lowest BCUT2D eigenvalue weighted by molar-refractivity contribution is -0.640. The van der Waals surface area contributed by atoms with Crippen LogP contribution in [-0.2, 0) is 40.1 Å². The molecule has 0 spiro atoms. The number of guanidine groups is 1. The number of hydrogen-bond acceptors (Lipinski definition) is 11. The number of nitro groups is 1. The second kappa shape index (κ2) is 22.7. The number of carboxylic acids is 1. The van der Waals surface area contributed by atoms with Gasteiger partial charge in [0.15, 0.2) is 17.0 Å². The van der Waals surface area contributed by atoms with Crippen molar-refractivity contribution in [2.24, 2.45) is 28.3 Å². The first kappa shape index (κ1) is 45.0. The Labute approximate surface area is 306 Å². The summed E-state index contributed by atoms with van der Waals surface area (Å²) in [6, 6.07) is 3.23. The number of ether oxygens (including phenoxy) is 1. The lowest BCUT2D eigenvalue weighted by Gasteiger charge is -2.23. The minimum atomic E-state index is -1.90. The first-order valence-electron chi connectivity index (χ1n) is 16.7. The van der Waals surface area contributed by atoms with Crippen molar-refractivity contribution in [1.29, 1.82) is 0 Å². The maximum atomic E-state index is 13.0. The molecule has 294 valence electrons. The number of rotatable bonds is 22. The molecule has 4 atom stereocenters. The molecule has 1 aromatic carbocycles. The van der Waals surface area contributed by atoms with E-state index < -0.39 is 83.9 Å². The standard InChI is InChI=1S/C32H50N10O11/c1-18(2)14-22(39-25(44)16-37-28(46)26(19(3)4)40-32(50)53-17-21-10-7-6-8-11-21)27(45)36-15-24(43)38-20(5)29(47)41(42(51)52)23(30(48)49)12-9-13-35-31(33)34/h6-8,10-11,18-20,22-23,26H,9,12-17H2,1-5H3,(H,36,45)(H,37,46)(H,38,43)(H,39,44)(H,40,50)(H,48,49)(H4,33,34,35)/t20-,22-,23-,26-/m0/s1. The third kappa shape index (κ3) is 17.2. The van der Waals surface area contributed by atoms with Crippen LogP contribution in [0.15, 0.2) is 35.3 Å². The molecule has 1 rings (SSSR count). The van der Waals surface area contributed by atoms with E-state index in [0.717, 1.165) is 12.5 Å². The van der Waals surface area contributed by atoms with Gasteiger partial charge in [-0.15, -0.1) is 0 Å². The molecule has 0 unspecified atom stereocenters. The van der Waals surface area contributed by atoms with Gasteiger partial charge in [0.25, 0.3) is 0 Å². The van der Waals surface area contributed by atoms with Crippen LogP contribution in [0.4, 0.5) is 4.79 Å². The van der Waals surface area contributed by atoms with Crippen molar-refractivity contribution in [3.63, 3.8) is 0 Å². The highest BCUT2D eigenvalue weighted by Crippen LogP contribution is 2.11. The van der Waals surface area contributed by atoms with E-state index in [4.69, 9.17) is 16.2 Å². The van der Waals surface area contributed by atoms with Gasteiger partial charge in [-0.1, -0.05) is 58.0 Å². The summed E-state index contributed by atoms with van der Waals surface area (Å²) in [6.07, 6.45) is -1.09. The second-order valence-electron chi connectivity index (χ2n) is 12.6. The Bertz CT molecular complexity index is 1470. The Morgan fingerprint density at radius 2 is 1.49 bits per heavy atom. The first-order chi connectivity index (χ1) is 24.8. The molecule has 21 nitrogen and oxygen atoms in total. The van der Waals surface area contributed by atoms with Gasteiger partial charge in [-0.3, -0.25) is 29.0 Å². The van der Waals surface area contributed by atoms with Crippen molar-refractivity contribution in [3.05, 3.63) is 46.0 Å². The van der Waals surface area contributed by atoms with E-state index in [0.29, 0.717) is 0 Å². The van der Waals surface area contributed by atoms with Crippen molar-refractivity contribution in [2.75, 3.05) is 19.6 Å². The van der Waals surface area contributed by atoms with Gasteiger partial charge in [-0.2, -0.15) is 0 Å². The molecule has 0 saturated carbocycles. The van der Waals surface area contributed by atoms with Crippen molar-refractivity contribution in [2.45, 2.75) is 84.7 Å². The maximum Gasteiger partial charge on any atom is 0.408 e. The van der Waals surface area contributed by atoms with Crippen LogP contribution < -0.4 is 38.1 Å². The minimum absolute atomic E-state index is 0.0125. The van der Waals surface area contributed by atoms with Crippen LogP contribution in [0, 0.1) is 22.0 Å². The summed E-state index contributed by atoms with van der Waals surface area (Å²) in [6.45, 7) is 6.68. The Morgan fingerprint density at radius 3 is 2.02 bits per heavy atom. The van der Waals surface area contributed by atoms with Crippen LogP contribution in [0.3, 0.4) is 0 Å². The largest absolute Gasteiger partial charge is 0.480 e. The average Bonchev–Trinajstić information content (AvgIpc) is 3.07. The number of amides is 6. The van der Waals surface area contributed by atoms with E-state index in [9.17, 15) is 48.8 Å². The molecule has 0 saturated heterocycles. The quantitative estimate of drug-likeness (QED) is 0.0226. The van der Waals surface area contributed by atoms with E-state index in [1.807, 2.05) is 6.07 Å². The fourth-order valence-corrected chi connectivity index (χ4v) is 4.69. The molecule has 21 heteroatoms. The zero-order valence-electron chi connectivity index (χ0n) is 30.3. The van der Waals surface area contributed by atoms with Gasteiger partial charge in [-0.05, 0) is 48.6 Å². The molecular weight excluding hydrogens is 700 g/mol. The lowest BCUT2D eigenvalue weighted by atomic mass is 10.0. The summed E-state index contributed by atoms with van der Waals surface area (Å²) in [7, 11) is 0. The Kier molecular flexibility index (Phi) is 19.3. The first-order valence-corrected chi connectivity index (χ1v) is 16.7. The van der Waals surface area contributed by atoms with Crippen molar-refractivity contribution in [1.82, 2.24) is 31.6 Å². The number of nitrogens with one attached hydrogen (secondary N) is 5. The number of alkyl carbamates (subject to hydrolysis) is 1. The predicted molar refractivity (Wildman–Crippen MR) is 189 cm³/mol. The van der Waals surface area contributed by atoms with Crippen LogP contribution in [0.25, 0.3) is 0 Å². The predicted octanol–water partition coefficient (Wildman–Crippen LogP) is -1.27. The molecule has 1 aromatic rings. The number of nitrogens with two attached hydrogens (primary N) is 2. The van der Waals surface area contributed by atoms with E-state index in [-0.39, 0.29) is 55.2 Å². The Morgan fingerprint density at radius 1 is 0.906 bits per heavy atom. The number of carbonyl (C=O) groups is 7. The molecule has 0 bridgehead atoms. The Balaban J connectivity index is 2.76. The average molecular weight is 751 g/mol. The molecule has 0 aliphatic carbocycles. The van der Waals surface area contributed by atoms with Gasteiger partial charge in [0.05, 0.1) is 13.1 Å². The van der Waals surface area contributed by atoms with Crippen LogP contribution in [-0.4, -0.2) is 107 Å². The highest BCUT2D eigenvalue weighted by molar-refractivity contribution is 5.94. The van der Waals surface area contributed by atoms with Crippen LogP contribution in [0.5, 0.6) is 0 Å². The number of aliphatic carboxylic acids is 1. The zero-order chi connectivity index (χ0) is 40.2. The summed E-state index contributed by atoms with van der Waals surface area (Å²) >= 11 is 0. The van der Waals surface area contributed by atoms with Crippen molar-refractivity contribution >= 4 is 47.6 Å². The normalized spacial score (nSPS) is 13.0. The van der Waals surface area contributed by atoms with Gasteiger partial charge < -0.3 is 47.9 Å². The van der Waals surface area contributed by atoms with Crippen LogP contribution in [0.1, 0.15) is 59.4 Å². The van der Waals surface area contributed by atoms with Crippen LogP contribution in [0.2, 0.25) is 0 Å². The third-order valence-electron chi connectivity index (χ3n) is 7.30. The fraction of sp³-hybridized carbons (Fsp3) is 0.562. The number of carbonyl (C=O) groups excluding carboxylic acids is 6. The molecular formula is C32H50N10O11. The summed E-state index contributed by atoms with van der Waals surface area (Å²) in [5.74, 6) is -6.92. The molecule has 0 aromatic heterocycles. The highest BCUT2D eigenvalue weighted by atomic mass is 16.7. The van der Waals surface area contributed by atoms with Gasteiger partial charge in [0, 0.05) is 6.54 Å². The van der Waals surface area contributed by atoms with Gasteiger partial charge in [0.1, 0.15) is 24.7 Å². The summed E-state index contributed by atoms with van der Waals surface area (Å²) in [5, 5.41) is 31.8. The number of carboxylic acid groups (broad SMARTS) is 1. The molecule has 0 fully saturated rings. The molecule has 0 aliphatic rings. The van der Waals surface area contributed by atoms with E-state index in [1.54, 1.807) is 52.0 Å². The van der Waals surface area contributed by atoms with E-state index in [2.05, 4.69) is 31.6 Å². The molecule has 0 aliphatic heterocycles. The van der Waals surface area contributed by atoms with Crippen LogP contribution >= 0.6 is 0 Å². The minimum Gasteiger partial charge on any atom is -0.480 e. The van der Waals surface area contributed by atoms with Gasteiger partial charge >= 0.3 is 18.0 Å². The van der Waals surface area contributed by atoms with Crippen molar-refractivity contribution < 1.29 is 48.4 Å². The summed E-state index contributed by atoms with van der Waals surface area (Å²) < 4.78 is 5.17. The monoisotopic (exact) mass is 750 g/mol. The third-order valence-corrected chi connectivity index (χ3v) is 7.30. The summed E-state index contributed by atoms with van der Waals surface area (Å²) in [5.41, 5.74) is 11.2. The molecule has 53 heavy (non-hydrogen) atoms. The molecule has 10 N–H and O–H groups in total. The fourth-order valence-electron chi connectivity index (χ4n) is 4.69. The van der Waals surface area contributed by atoms with Gasteiger partial charge in [0.2, 0.25) is 23.6 Å². The topological polar surface area (TPSA) is 320 Å².